The van der Waals surface area contributed by atoms with Gasteiger partial charge in [0.2, 0.25) is 10.0 Å². The molecule has 1 atom stereocenters. The van der Waals surface area contributed by atoms with Crippen LogP contribution in [-0.4, -0.2) is 53.8 Å². The van der Waals surface area contributed by atoms with E-state index in [4.69, 9.17) is 0 Å². The van der Waals surface area contributed by atoms with Crippen LogP contribution in [0.1, 0.15) is 17.2 Å². The zero-order valence-corrected chi connectivity index (χ0v) is 15.5. The van der Waals surface area contributed by atoms with Crippen LogP contribution in [0.3, 0.4) is 0 Å². The second kappa shape index (κ2) is 6.05. The van der Waals surface area contributed by atoms with Crippen LogP contribution in [-0.2, 0) is 16.4 Å². The number of rotatable bonds is 2. The Kier molecular flexibility index (Phi) is 3.75. The highest BCUT2D eigenvalue weighted by atomic mass is 32.2. The maximum Gasteiger partial charge on any atom is 0.323 e. The zero-order valence-electron chi connectivity index (χ0n) is 14.7. The van der Waals surface area contributed by atoms with Gasteiger partial charge >= 0.3 is 5.69 Å². The van der Waals surface area contributed by atoms with E-state index in [1.807, 2.05) is 12.1 Å². The van der Waals surface area contributed by atoms with Gasteiger partial charge in [0.1, 0.15) is 0 Å². The molecule has 0 spiro atoms. The Hall–Kier alpha value is -2.42. The first-order valence-corrected chi connectivity index (χ1v) is 10.5. The maximum absolute atomic E-state index is 13.2. The van der Waals surface area contributed by atoms with E-state index in [0.29, 0.717) is 24.1 Å². The predicted molar refractivity (Wildman–Crippen MR) is 102 cm³/mol. The summed E-state index contributed by atoms with van der Waals surface area (Å²) in [5.74, 6) is 0. The minimum atomic E-state index is -3.63. The SMILES string of the molecule is O=c1[nH]c2ccc(S(=O)(=O)N3CCN4CCc5ccccc5C4C3)cc2[nH]1. The van der Waals surface area contributed by atoms with Crippen LogP contribution in [0, 0.1) is 0 Å². The van der Waals surface area contributed by atoms with Gasteiger partial charge in [0.25, 0.3) is 0 Å². The predicted octanol–water partition coefficient (Wildman–Crippen LogP) is 1.46. The van der Waals surface area contributed by atoms with E-state index in [9.17, 15) is 13.2 Å². The normalized spacial score (nSPS) is 21.1. The number of fused-ring (bicyclic) bond motifs is 4. The summed E-state index contributed by atoms with van der Waals surface area (Å²) in [5.41, 5.74) is 3.30. The third kappa shape index (κ3) is 2.72. The van der Waals surface area contributed by atoms with Crippen molar-refractivity contribution in [1.82, 2.24) is 19.2 Å². The summed E-state index contributed by atoms with van der Waals surface area (Å²) >= 11 is 0. The van der Waals surface area contributed by atoms with Gasteiger partial charge in [0.15, 0.2) is 0 Å². The fourth-order valence-electron chi connectivity index (χ4n) is 4.25. The number of hydrogen-bond acceptors (Lipinski definition) is 4. The third-order valence-electron chi connectivity index (χ3n) is 5.66. The number of nitrogens with one attached hydrogen (secondary N) is 2. The smallest absolute Gasteiger partial charge is 0.306 e. The first kappa shape index (κ1) is 16.7. The van der Waals surface area contributed by atoms with E-state index in [-0.39, 0.29) is 16.6 Å². The monoisotopic (exact) mass is 384 g/mol. The number of aromatic nitrogens is 2. The van der Waals surface area contributed by atoms with Gasteiger partial charge in [-0.1, -0.05) is 24.3 Å². The fourth-order valence-corrected chi connectivity index (χ4v) is 5.71. The molecule has 0 bridgehead atoms. The van der Waals surface area contributed by atoms with Crippen LogP contribution < -0.4 is 5.69 Å². The lowest BCUT2D eigenvalue weighted by Gasteiger charge is -2.44. The van der Waals surface area contributed by atoms with Crippen molar-refractivity contribution in [2.45, 2.75) is 17.4 Å². The lowest BCUT2D eigenvalue weighted by Crippen LogP contribution is -2.52. The van der Waals surface area contributed by atoms with Crippen molar-refractivity contribution in [1.29, 1.82) is 0 Å². The summed E-state index contributed by atoms with van der Waals surface area (Å²) < 4.78 is 28.0. The Morgan fingerprint density at radius 1 is 0.963 bits per heavy atom. The van der Waals surface area contributed by atoms with Crippen molar-refractivity contribution in [2.75, 3.05) is 26.2 Å². The molecule has 1 fully saturated rings. The van der Waals surface area contributed by atoms with E-state index < -0.39 is 10.0 Å². The van der Waals surface area contributed by atoms with E-state index in [2.05, 4.69) is 27.0 Å². The fraction of sp³-hybridized carbons (Fsp3) is 0.316. The molecule has 8 heteroatoms. The second-order valence-electron chi connectivity index (χ2n) is 7.15. The molecule has 27 heavy (non-hydrogen) atoms. The number of sulfonamides is 1. The molecule has 1 aromatic heterocycles. The van der Waals surface area contributed by atoms with Gasteiger partial charge in [-0.05, 0) is 35.7 Å². The lowest BCUT2D eigenvalue weighted by molar-refractivity contribution is 0.109. The number of H-pyrrole nitrogens is 2. The van der Waals surface area contributed by atoms with E-state index in [1.54, 1.807) is 16.4 Å². The van der Waals surface area contributed by atoms with Crippen LogP contribution in [0.2, 0.25) is 0 Å². The maximum atomic E-state index is 13.2. The van der Waals surface area contributed by atoms with Crippen molar-refractivity contribution < 1.29 is 8.42 Å². The largest absolute Gasteiger partial charge is 0.323 e. The topological polar surface area (TPSA) is 89.3 Å². The molecule has 3 heterocycles. The molecule has 0 aliphatic carbocycles. The van der Waals surface area contributed by atoms with Crippen molar-refractivity contribution in [3.63, 3.8) is 0 Å². The highest BCUT2D eigenvalue weighted by Crippen LogP contribution is 2.34. The van der Waals surface area contributed by atoms with Gasteiger partial charge < -0.3 is 9.97 Å². The van der Waals surface area contributed by atoms with Crippen LogP contribution >= 0.6 is 0 Å². The highest BCUT2D eigenvalue weighted by Gasteiger charge is 2.37. The van der Waals surface area contributed by atoms with Crippen LogP contribution in [0.15, 0.2) is 52.2 Å². The molecule has 3 aromatic rings. The molecule has 2 aliphatic rings. The first-order valence-electron chi connectivity index (χ1n) is 9.06. The highest BCUT2D eigenvalue weighted by molar-refractivity contribution is 7.89. The van der Waals surface area contributed by atoms with Gasteiger partial charge in [-0.3, -0.25) is 4.90 Å². The second-order valence-corrected chi connectivity index (χ2v) is 9.09. The molecule has 5 rings (SSSR count). The summed E-state index contributed by atoms with van der Waals surface area (Å²) in [7, 11) is -3.63. The molecule has 0 radical (unpaired) electrons. The summed E-state index contributed by atoms with van der Waals surface area (Å²) in [6, 6.07) is 13.1. The van der Waals surface area contributed by atoms with Crippen LogP contribution in [0.5, 0.6) is 0 Å². The Morgan fingerprint density at radius 3 is 2.67 bits per heavy atom. The average Bonchev–Trinajstić information content (AvgIpc) is 3.06. The molecule has 2 aromatic carbocycles. The summed E-state index contributed by atoms with van der Waals surface area (Å²) in [6.45, 7) is 2.61. The number of piperazine rings is 1. The molecular formula is C19H20N4O3S. The van der Waals surface area contributed by atoms with Gasteiger partial charge in [-0.25, -0.2) is 13.2 Å². The summed E-state index contributed by atoms with van der Waals surface area (Å²) in [4.78, 5) is 19.3. The molecular weight excluding hydrogens is 364 g/mol. The van der Waals surface area contributed by atoms with Gasteiger partial charge in [0, 0.05) is 32.2 Å². The van der Waals surface area contributed by atoms with E-state index in [0.717, 1.165) is 19.5 Å². The number of hydrogen-bond donors (Lipinski definition) is 2. The number of aromatic amines is 2. The first-order chi connectivity index (χ1) is 13.0. The Labute approximate surface area is 156 Å². The average molecular weight is 384 g/mol. The van der Waals surface area contributed by atoms with E-state index >= 15 is 0 Å². The van der Waals surface area contributed by atoms with E-state index in [1.165, 1.54) is 17.2 Å². The molecule has 7 nitrogen and oxygen atoms in total. The quantitative estimate of drug-likeness (QED) is 0.700. The van der Waals surface area contributed by atoms with Gasteiger partial charge in [0.05, 0.1) is 15.9 Å². The standard InChI is InChI=1S/C19H20N4O3S/c24-19-20-16-6-5-14(11-17(16)21-19)27(25,26)23-10-9-22-8-7-13-3-1-2-4-15(13)18(22)12-23/h1-6,11,18H,7-10,12H2,(H2,20,21,24). The summed E-state index contributed by atoms with van der Waals surface area (Å²) in [5, 5.41) is 0. The van der Waals surface area contributed by atoms with Crippen molar-refractivity contribution in [3.8, 4) is 0 Å². The zero-order chi connectivity index (χ0) is 18.6. The summed E-state index contributed by atoms with van der Waals surface area (Å²) in [6.07, 6.45) is 1.01. The van der Waals surface area contributed by atoms with Crippen LogP contribution in [0.25, 0.3) is 11.0 Å². The van der Waals surface area contributed by atoms with Gasteiger partial charge in [-0.2, -0.15) is 4.31 Å². The number of nitrogens with zero attached hydrogens (tertiary/aromatic N) is 2. The lowest BCUT2D eigenvalue weighted by atomic mass is 9.91. The number of benzene rings is 2. The van der Waals surface area contributed by atoms with Crippen molar-refractivity contribution in [2.24, 2.45) is 0 Å². The van der Waals surface area contributed by atoms with Crippen LogP contribution in [0.4, 0.5) is 0 Å². The molecule has 0 saturated carbocycles. The number of imidazole rings is 1. The molecule has 1 saturated heterocycles. The molecule has 2 N–H and O–H groups in total. The Bertz CT molecular complexity index is 1180. The van der Waals surface area contributed by atoms with Crippen molar-refractivity contribution >= 4 is 21.1 Å². The third-order valence-corrected chi connectivity index (χ3v) is 7.52. The van der Waals surface area contributed by atoms with Crippen molar-refractivity contribution in [3.05, 3.63) is 64.1 Å². The molecule has 1 unspecified atom stereocenters. The molecule has 2 aliphatic heterocycles. The molecule has 0 amide bonds. The minimum Gasteiger partial charge on any atom is -0.306 e. The minimum absolute atomic E-state index is 0.0919. The van der Waals surface area contributed by atoms with Gasteiger partial charge in [-0.15, -0.1) is 0 Å². The Morgan fingerprint density at radius 2 is 1.78 bits per heavy atom. The Balaban J connectivity index is 1.50. The molecule has 140 valence electrons.